The summed E-state index contributed by atoms with van der Waals surface area (Å²) in [6.07, 6.45) is 1.60. The van der Waals surface area contributed by atoms with Crippen LogP contribution in [0.3, 0.4) is 0 Å². The molecule has 84 valence electrons. The Hall–Kier alpha value is -1.66. The number of aromatic nitrogens is 2. The lowest BCUT2D eigenvalue weighted by Crippen LogP contribution is -1.98. The molecule has 2 rings (SSSR count). The number of nitrogens with one attached hydrogen (secondary N) is 1. The number of nitrogens with zero attached hydrogens (tertiary/aromatic N) is 1. The van der Waals surface area contributed by atoms with Gasteiger partial charge in [-0.2, -0.15) is 8.42 Å². The van der Waals surface area contributed by atoms with Crippen LogP contribution in [0.15, 0.2) is 41.6 Å². The predicted molar refractivity (Wildman–Crippen MR) is 57.7 cm³/mol. The van der Waals surface area contributed by atoms with Gasteiger partial charge in [-0.05, 0) is 5.56 Å². The average molecular weight is 238 g/mol. The van der Waals surface area contributed by atoms with Crippen molar-refractivity contribution in [3.8, 4) is 0 Å². The van der Waals surface area contributed by atoms with Crippen LogP contribution in [0.25, 0.3) is 0 Å². The van der Waals surface area contributed by atoms with E-state index in [1.165, 1.54) is 0 Å². The Morgan fingerprint density at radius 1 is 1.25 bits per heavy atom. The Balaban J connectivity index is 2.22. The molecule has 0 bridgehead atoms. The molecular formula is C10H10N2O3S. The third-order valence-electron chi connectivity index (χ3n) is 2.10. The van der Waals surface area contributed by atoms with E-state index in [9.17, 15) is 8.42 Å². The molecule has 5 nitrogen and oxygen atoms in total. The van der Waals surface area contributed by atoms with Crippen LogP contribution < -0.4 is 0 Å². The minimum Gasteiger partial charge on any atom is -0.331 e. The van der Waals surface area contributed by atoms with E-state index in [4.69, 9.17) is 4.55 Å². The monoisotopic (exact) mass is 238 g/mol. The Morgan fingerprint density at radius 3 is 2.50 bits per heavy atom. The molecule has 0 saturated carbocycles. The molecule has 16 heavy (non-hydrogen) atoms. The van der Waals surface area contributed by atoms with Gasteiger partial charge in [0.15, 0.2) is 5.03 Å². The third kappa shape index (κ3) is 2.47. The summed E-state index contributed by atoms with van der Waals surface area (Å²) in [7, 11) is -4.19. The summed E-state index contributed by atoms with van der Waals surface area (Å²) in [6, 6.07) is 9.50. The highest BCUT2D eigenvalue weighted by Crippen LogP contribution is 2.09. The molecule has 0 amide bonds. The molecule has 0 unspecified atom stereocenters. The van der Waals surface area contributed by atoms with Crippen LogP contribution in [0.1, 0.15) is 11.4 Å². The quantitative estimate of drug-likeness (QED) is 0.788. The zero-order valence-electron chi connectivity index (χ0n) is 8.29. The number of benzene rings is 1. The van der Waals surface area contributed by atoms with Crippen molar-refractivity contribution in [2.24, 2.45) is 0 Å². The lowest BCUT2D eigenvalue weighted by molar-refractivity contribution is 0.479. The summed E-state index contributed by atoms with van der Waals surface area (Å²) in [4.78, 5) is 6.44. The van der Waals surface area contributed by atoms with E-state index in [0.717, 1.165) is 11.8 Å². The minimum atomic E-state index is -4.19. The zero-order valence-corrected chi connectivity index (χ0v) is 9.11. The largest absolute Gasteiger partial charge is 0.331 e. The number of rotatable bonds is 3. The summed E-state index contributed by atoms with van der Waals surface area (Å²) in [6.45, 7) is 0. The first kappa shape index (κ1) is 10.8. The van der Waals surface area contributed by atoms with Gasteiger partial charge in [0.25, 0.3) is 0 Å². The van der Waals surface area contributed by atoms with Crippen LogP contribution in [0.5, 0.6) is 0 Å². The van der Waals surface area contributed by atoms with Gasteiger partial charge < -0.3 is 4.98 Å². The highest BCUT2D eigenvalue weighted by molar-refractivity contribution is 7.85. The standard InChI is InChI=1S/C10H10N2O3S/c13-16(14,15)10-7-11-9(12-10)6-8-4-2-1-3-5-8/h1-5,7H,6H2,(H,11,12)(H,13,14,15). The molecule has 0 aliphatic heterocycles. The Labute approximate surface area is 92.9 Å². The van der Waals surface area contributed by atoms with Gasteiger partial charge in [-0.25, -0.2) is 4.98 Å². The molecule has 0 radical (unpaired) electrons. The summed E-state index contributed by atoms with van der Waals surface area (Å²) in [5, 5.41) is -0.279. The van der Waals surface area contributed by atoms with Crippen molar-refractivity contribution in [1.82, 2.24) is 9.97 Å². The number of hydrogen-bond donors (Lipinski definition) is 2. The van der Waals surface area contributed by atoms with E-state index in [1.54, 1.807) is 0 Å². The fourth-order valence-corrected chi connectivity index (χ4v) is 1.79. The van der Waals surface area contributed by atoms with Gasteiger partial charge in [0, 0.05) is 6.42 Å². The van der Waals surface area contributed by atoms with Gasteiger partial charge in [-0.15, -0.1) is 0 Å². The number of hydrogen-bond acceptors (Lipinski definition) is 3. The predicted octanol–water partition coefficient (Wildman–Crippen LogP) is 1.25. The Morgan fingerprint density at radius 2 is 1.94 bits per heavy atom. The van der Waals surface area contributed by atoms with Crippen LogP contribution in [0, 0.1) is 0 Å². The van der Waals surface area contributed by atoms with Gasteiger partial charge in [0.05, 0.1) is 6.20 Å². The second-order valence-corrected chi connectivity index (χ2v) is 4.72. The van der Waals surface area contributed by atoms with Crippen molar-refractivity contribution >= 4 is 10.1 Å². The highest BCUT2D eigenvalue weighted by Gasteiger charge is 2.12. The maximum absolute atomic E-state index is 10.8. The lowest BCUT2D eigenvalue weighted by atomic mass is 10.1. The summed E-state index contributed by atoms with van der Waals surface area (Å²) >= 11 is 0. The molecule has 2 N–H and O–H groups in total. The fraction of sp³-hybridized carbons (Fsp3) is 0.100. The second-order valence-electron chi connectivity index (χ2n) is 3.33. The maximum atomic E-state index is 10.8. The molecule has 6 heteroatoms. The SMILES string of the molecule is O=S(=O)(O)c1cnc(Cc2ccccc2)[nH]1. The van der Waals surface area contributed by atoms with Crippen LogP contribution in [-0.2, 0) is 16.5 Å². The van der Waals surface area contributed by atoms with Crippen LogP contribution in [0.4, 0.5) is 0 Å². The first-order chi connectivity index (χ1) is 7.55. The lowest BCUT2D eigenvalue weighted by Gasteiger charge is -1.96. The normalized spacial score (nSPS) is 11.6. The number of H-pyrrole nitrogens is 1. The van der Waals surface area contributed by atoms with Crippen LogP contribution in [-0.4, -0.2) is 22.9 Å². The zero-order chi connectivity index (χ0) is 11.6. The molecule has 0 spiro atoms. The van der Waals surface area contributed by atoms with Crippen molar-refractivity contribution in [3.05, 3.63) is 47.9 Å². The summed E-state index contributed by atoms with van der Waals surface area (Å²) in [5.74, 6) is 0.499. The molecule has 1 heterocycles. The van der Waals surface area contributed by atoms with Gasteiger partial charge in [-0.1, -0.05) is 30.3 Å². The molecule has 0 aliphatic rings. The van der Waals surface area contributed by atoms with E-state index in [2.05, 4.69) is 9.97 Å². The highest BCUT2D eigenvalue weighted by atomic mass is 32.2. The number of imidazole rings is 1. The maximum Gasteiger partial charge on any atom is 0.311 e. The van der Waals surface area contributed by atoms with Crippen molar-refractivity contribution in [2.45, 2.75) is 11.4 Å². The van der Waals surface area contributed by atoms with Gasteiger partial charge in [0.1, 0.15) is 5.82 Å². The van der Waals surface area contributed by atoms with E-state index in [0.29, 0.717) is 12.2 Å². The van der Waals surface area contributed by atoms with E-state index < -0.39 is 10.1 Å². The van der Waals surface area contributed by atoms with Crippen LogP contribution >= 0.6 is 0 Å². The molecule has 1 aromatic carbocycles. The molecule has 1 aromatic heterocycles. The molecular weight excluding hydrogens is 228 g/mol. The third-order valence-corrected chi connectivity index (χ3v) is 2.86. The summed E-state index contributed by atoms with van der Waals surface area (Å²) in [5.41, 5.74) is 1.01. The van der Waals surface area contributed by atoms with E-state index in [-0.39, 0.29) is 5.03 Å². The minimum absolute atomic E-state index is 0.279. The van der Waals surface area contributed by atoms with Gasteiger partial charge in [-0.3, -0.25) is 4.55 Å². The number of aromatic amines is 1. The molecule has 0 fully saturated rings. The van der Waals surface area contributed by atoms with Crippen LogP contribution in [0.2, 0.25) is 0 Å². The fourth-order valence-electron chi connectivity index (χ4n) is 1.35. The van der Waals surface area contributed by atoms with E-state index >= 15 is 0 Å². The van der Waals surface area contributed by atoms with Crippen molar-refractivity contribution in [3.63, 3.8) is 0 Å². The molecule has 0 saturated heterocycles. The topological polar surface area (TPSA) is 83.1 Å². The molecule has 0 aliphatic carbocycles. The Bertz CT molecular complexity index is 575. The molecule has 0 atom stereocenters. The molecule has 2 aromatic rings. The van der Waals surface area contributed by atoms with Gasteiger partial charge >= 0.3 is 10.1 Å². The van der Waals surface area contributed by atoms with Gasteiger partial charge in [0.2, 0.25) is 0 Å². The summed E-state index contributed by atoms with van der Waals surface area (Å²) < 4.78 is 30.3. The van der Waals surface area contributed by atoms with E-state index in [1.807, 2.05) is 30.3 Å². The average Bonchev–Trinajstić information content (AvgIpc) is 2.67. The smallest absolute Gasteiger partial charge is 0.311 e. The first-order valence-electron chi connectivity index (χ1n) is 4.61. The van der Waals surface area contributed by atoms with Crippen molar-refractivity contribution in [2.75, 3.05) is 0 Å². The first-order valence-corrected chi connectivity index (χ1v) is 6.05. The van der Waals surface area contributed by atoms with Crippen molar-refractivity contribution < 1.29 is 13.0 Å². The van der Waals surface area contributed by atoms with Crippen molar-refractivity contribution in [1.29, 1.82) is 0 Å². The second kappa shape index (κ2) is 4.07. The Kier molecular flexibility index (Phi) is 2.76.